The van der Waals surface area contributed by atoms with Crippen molar-refractivity contribution in [3.63, 3.8) is 0 Å². The molecule has 0 aliphatic rings. The topological polar surface area (TPSA) is 39.2 Å². The number of ether oxygens (including phenoxy) is 1. The van der Waals surface area contributed by atoms with Crippen LogP contribution in [-0.2, 0) is 16.0 Å². The molecule has 3 nitrogen and oxygen atoms in total. The van der Waals surface area contributed by atoms with Crippen molar-refractivity contribution in [3.8, 4) is 22.9 Å². The molecule has 0 aliphatic carbocycles. The fourth-order valence-corrected chi connectivity index (χ4v) is 2.76. The third-order valence-electron chi connectivity index (χ3n) is 1.96. The Morgan fingerprint density at radius 2 is 2.41 bits per heavy atom. The molecule has 0 spiro atoms. The van der Waals surface area contributed by atoms with Gasteiger partial charge in [-0.2, -0.15) is 11.3 Å². The summed E-state index contributed by atoms with van der Waals surface area (Å²) in [5.74, 6) is 1.91. The molecular formula is C12H9NO2S2. The SMILES string of the molecule is C#CCOC(=O)Cc1csc(-c2ccsc2)n1. The highest BCUT2D eigenvalue weighted by Gasteiger charge is 2.09. The van der Waals surface area contributed by atoms with Gasteiger partial charge in [0.1, 0.15) is 5.01 Å². The fourth-order valence-electron chi connectivity index (χ4n) is 1.23. The summed E-state index contributed by atoms with van der Waals surface area (Å²) in [5.41, 5.74) is 1.81. The van der Waals surface area contributed by atoms with E-state index in [0.717, 1.165) is 16.3 Å². The molecular weight excluding hydrogens is 254 g/mol. The molecule has 0 fully saturated rings. The first-order valence-corrected chi connectivity index (χ1v) is 6.68. The lowest BCUT2D eigenvalue weighted by atomic mass is 10.3. The van der Waals surface area contributed by atoms with Crippen LogP contribution < -0.4 is 0 Å². The van der Waals surface area contributed by atoms with Crippen LogP contribution in [0.4, 0.5) is 0 Å². The van der Waals surface area contributed by atoms with Crippen LogP contribution in [0.3, 0.4) is 0 Å². The summed E-state index contributed by atoms with van der Waals surface area (Å²) in [5, 5.41) is 6.81. The zero-order valence-electron chi connectivity index (χ0n) is 8.88. The van der Waals surface area contributed by atoms with Crippen LogP contribution in [0.5, 0.6) is 0 Å². The number of rotatable bonds is 4. The van der Waals surface area contributed by atoms with Gasteiger partial charge < -0.3 is 4.74 Å². The molecule has 0 atom stereocenters. The van der Waals surface area contributed by atoms with Crippen LogP contribution in [0.1, 0.15) is 5.69 Å². The van der Waals surface area contributed by atoms with E-state index in [1.165, 1.54) is 11.3 Å². The molecule has 0 radical (unpaired) electrons. The first-order chi connectivity index (χ1) is 8.29. The van der Waals surface area contributed by atoms with Crippen molar-refractivity contribution in [3.05, 3.63) is 27.9 Å². The van der Waals surface area contributed by atoms with Crippen LogP contribution in [0.25, 0.3) is 10.6 Å². The average molecular weight is 263 g/mol. The molecule has 17 heavy (non-hydrogen) atoms. The van der Waals surface area contributed by atoms with Gasteiger partial charge in [-0.25, -0.2) is 4.98 Å². The monoisotopic (exact) mass is 263 g/mol. The molecule has 2 aromatic rings. The van der Waals surface area contributed by atoms with Crippen molar-refractivity contribution >= 4 is 28.6 Å². The quantitative estimate of drug-likeness (QED) is 0.628. The van der Waals surface area contributed by atoms with Gasteiger partial charge in [-0.1, -0.05) is 5.92 Å². The number of carbonyl (C=O) groups is 1. The zero-order valence-corrected chi connectivity index (χ0v) is 10.5. The average Bonchev–Trinajstić information content (AvgIpc) is 2.95. The summed E-state index contributed by atoms with van der Waals surface area (Å²) in [4.78, 5) is 15.7. The Hall–Kier alpha value is -1.64. The van der Waals surface area contributed by atoms with Crippen LogP contribution in [0.15, 0.2) is 22.2 Å². The number of thiazole rings is 1. The second-order valence-electron chi connectivity index (χ2n) is 3.20. The van der Waals surface area contributed by atoms with Crippen LogP contribution in [0.2, 0.25) is 0 Å². The minimum absolute atomic E-state index is 0.0142. The van der Waals surface area contributed by atoms with E-state index in [0.29, 0.717) is 0 Å². The maximum Gasteiger partial charge on any atom is 0.312 e. The summed E-state index contributed by atoms with van der Waals surface area (Å²) >= 11 is 3.14. The summed E-state index contributed by atoms with van der Waals surface area (Å²) in [7, 11) is 0. The Bertz CT molecular complexity index is 537. The molecule has 5 heteroatoms. The van der Waals surface area contributed by atoms with Crippen molar-refractivity contribution in [2.24, 2.45) is 0 Å². The summed E-state index contributed by atoms with van der Waals surface area (Å²) in [6.07, 6.45) is 5.17. The van der Waals surface area contributed by atoms with Crippen molar-refractivity contribution in [1.82, 2.24) is 4.98 Å². The van der Waals surface area contributed by atoms with Gasteiger partial charge in [-0.05, 0) is 11.4 Å². The van der Waals surface area contributed by atoms with E-state index in [1.807, 2.05) is 22.2 Å². The van der Waals surface area contributed by atoms with Crippen molar-refractivity contribution in [2.45, 2.75) is 6.42 Å². The standard InChI is InChI=1S/C12H9NO2S2/c1-2-4-15-11(14)6-10-8-17-12(13-10)9-3-5-16-7-9/h1,3,5,7-8H,4,6H2. The Morgan fingerprint density at radius 3 is 3.12 bits per heavy atom. The van der Waals surface area contributed by atoms with Gasteiger partial charge in [-0.3, -0.25) is 4.79 Å². The normalized spacial score (nSPS) is 9.82. The molecule has 0 aromatic carbocycles. The number of hydrogen-bond acceptors (Lipinski definition) is 5. The molecule has 2 aromatic heterocycles. The second-order valence-corrected chi connectivity index (χ2v) is 4.84. The van der Waals surface area contributed by atoms with E-state index >= 15 is 0 Å². The molecule has 0 amide bonds. The largest absolute Gasteiger partial charge is 0.452 e. The molecule has 0 N–H and O–H groups in total. The third kappa shape index (κ3) is 3.16. The van der Waals surface area contributed by atoms with Crippen LogP contribution in [-0.4, -0.2) is 17.6 Å². The highest BCUT2D eigenvalue weighted by atomic mass is 32.1. The predicted molar refractivity (Wildman–Crippen MR) is 68.9 cm³/mol. The zero-order chi connectivity index (χ0) is 12.1. The van der Waals surface area contributed by atoms with E-state index in [1.54, 1.807) is 11.3 Å². The van der Waals surface area contributed by atoms with E-state index in [9.17, 15) is 4.79 Å². The first kappa shape index (κ1) is 11.8. The summed E-state index contributed by atoms with van der Waals surface area (Å²) in [6, 6.07) is 2.00. The number of hydrogen-bond donors (Lipinski definition) is 0. The second kappa shape index (κ2) is 5.62. The van der Waals surface area contributed by atoms with Gasteiger partial charge in [0.25, 0.3) is 0 Å². The Labute approximate surface area is 107 Å². The van der Waals surface area contributed by atoms with E-state index in [-0.39, 0.29) is 19.0 Å². The lowest BCUT2D eigenvalue weighted by Crippen LogP contribution is -2.08. The summed E-state index contributed by atoms with van der Waals surface area (Å²) in [6.45, 7) is 0.0142. The van der Waals surface area contributed by atoms with Gasteiger partial charge in [-0.15, -0.1) is 17.8 Å². The number of terminal acetylenes is 1. The minimum Gasteiger partial charge on any atom is -0.452 e. The number of aromatic nitrogens is 1. The molecule has 0 unspecified atom stereocenters. The fraction of sp³-hybridized carbons (Fsp3) is 0.167. The predicted octanol–water partition coefficient (Wildman–Crippen LogP) is 2.59. The molecule has 2 rings (SSSR count). The van der Waals surface area contributed by atoms with Crippen molar-refractivity contribution in [2.75, 3.05) is 6.61 Å². The Balaban J connectivity index is 2.00. The molecule has 2 heterocycles. The Kier molecular flexibility index (Phi) is 3.91. The lowest BCUT2D eigenvalue weighted by Gasteiger charge is -1.97. The van der Waals surface area contributed by atoms with Crippen molar-refractivity contribution in [1.29, 1.82) is 0 Å². The van der Waals surface area contributed by atoms with E-state index < -0.39 is 0 Å². The molecule has 86 valence electrons. The summed E-state index contributed by atoms with van der Waals surface area (Å²) < 4.78 is 4.79. The molecule has 0 saturated carbocycles. The van der Waals surface area contributed by atoms with Gasteiger partial charge in [0.05, 0.1) is 12.1 Å². The number of thiophene rings is 1. The van der Waals surface area contributed by atoms with Crippen LogP contribution in [0, 0.1) is 12.3 Å². The van der Waals surface area contributed by atoms with Gasteiger partial charge in [0.15, 0.2) is 6.61 Å². The van der Waals surface area contributed by atoms with Crippen LogP contribution >= 0.6 is 22.7 Å². The Morgan fingerprint density at radius 1 is 1.53 bits per heavy atom. The van der Waals surface area contributed by atoms with E-state index in [2.05, 4.69) is 10.9 Å². The lowest BCUT2D eigenvalue weighted by molar-refractivity contribution is -0.141. The smallest absolute Gasteiger partial charge is 0.312 e. The highest BCUT2D eigenvalue weighted by Crippen LogP contribution is 2.25. The molecule has 0 saturated heterocycles. The van der Waals surface area contributed by atoms with Gasteiger partial charge >= 0.3 is 5.97 Å². The molecule has 0 aliphatic heterocycles. The minimum atomic E-state index is -0.342. The molecule has 0 bridgehead atoms. The highest BCUT2D eigenvalue weighted by molar-refractivity contribution is 7.14. The van der Waals surface area contributed by atoms with Gasteiger partial charge in [0, 0.05) is 16.3 Å². The van der Waals surface area contributed by atoms with Gasteiger partial charge in [0.2, 0.25) is 0 Å². The number of carbonyl (C=O) groups excluding carboxylic acids is 1. The number of nitrogens with zero attached hydrogens (tertiary/aromatic N) is 1. The number of esters is 1. The van der Waals surface area contributed by atoms with Crippen molar-refractivity contribution < 1.29 is 9.53 Å². The maximum absolute atomic E-state index is 11.3. The first-order valence-electron chi connectivity index (χ1n) is 4.85. The van der Waals surface area contributed by atoms with E-state index in [4.69, 9.17) is 11.2 Å². The third-order valence-corrected chi connectivity index (χ3v) is 3.59. The maximum atomic E-state index is 11.3.